The lowest BCUT2D eigenvalue weighted by Crippen LogP contribution is -1.98. The zero-order valence-electron chi connectivity index (χ0n) is 7.60. The van der Waals surface area contributed by atoms with Crippen molar-refractivity contribution in [3.05, 3.63) is 9.66 Å². The van der Waals surface area contributed by atoms with Crippen molar-refractivity contribution < 1.29 is 9.53 Å². The first-order valence-corrected chi connectivity index (χ1v) is 5.24. The van der Waals surface area contributed by atoms with E-state index in [1.54, 1.807) is 0 Å². The van der Waals surface area contributed by atoms with Gasteiger partial charge >= 0.3 is 5.97 Å². The van der Waals surface area contributed by atoms with Crippen LogP contribution < -0.4 is 0 Å². The van der Waals surface area contributed by atoms with Crippen LogP contribution in [0.1, 0.15) is 32.6 Å². The van der Waals surface area contributed by atoms with Crippen molar-refractivity contribution in [3.8, 4) is 0 Å². The predicted molar refractivity (Wildman–Crippen MR) is 58.3 cm³/mol. The third-order valence-electron chi connectivity index (χ3n) is 1.51. The van der Waals surface area contributed by atoms with Crippen LogP contribution in [-0.2, 0) is 9.53 Å². The molecule has 70 valence electrons. The van der Waals surface area contributed by atoms with Gasteiger partial charge in [0.25, 0.3) is 0 Å². The number of hydrogen-bond acceptors (Lipinski definition) is 2. The lowest BCUT2D eigenvalue weighted by Gasteiger charge is -1.96. The van der Waals surface area contributed by atoms with Crippen LogP contribution in [0, 0.1) is 0 Å². The van der Waals surface area contributed by atoms with Crippen LogP contribution in [0.4, 0.5) is 0 Å². The van der Waals surface area contributed by atoms with Gasteiger partial charge in [0.05, 0.1) is 10.7 Å². The van der Waals surface area contributed by atoms with Gasteiger partial charge in [0.2, 0.25) is 0 Å². The summed E-state index contributed by atoms with van der Waals surface area (Å²) >= 11 is 2.01. The van der Waals surface area contributed by atoms with Gasteiger partial charge in [0.15, 0.2) is 0 Å². The molecular weight excluding hydrogens is 267 g/mol. The monoisotopic (exact) mass is 282 g/mol. The molecule has 0 aromatic carbocycles. The van der Waals surface area contributed by atoms with Crippen LogP contribution in [0.5, 0.6) is 0 Å². The predicted octanol–water partition coefficient (Wildman–Crippen LogP) is 3.06. The Balaban J connectivity index is 3.61. The van der Waals surface area contributed by atoms with Gasteiger partial charge < -0.3 is 4.74 Å². The molecule has 3 heteroatoms. The van der Waals surface area contributed by atoms with Crippen molar-refractivity contribution in [1.29, 1.82) is 0 Å². The molecule has 0 spiro atoms. The first kappa shape index (κ1) is 11.9. The van der Waals surface area contributed by atoms with E-state index in [0.717, 1.165) is 12.8 Å². The SMILES string of the molecule is CCCCC/C=C(/I)C(=O)OC. The van der Waals surface area contributed by atoms with Crippen molar-refractivity contribution in [2.75, 3.05) is 7.11 Å². The van der Waals surface area contributed by atoms with Crippen LogP contribution in [0.3, 0.4) is 0 Å². The molecule has 0 aliphatic carbocycles. The molecule has 0 aromatic heterocycles. The summed E-state index contributed by atoms with van der Waals surface area (Å²) in [5.41, 5.74) is 0. The molecule has 2 nitrogen and oxygen atoms in total. The number of carbonyl (C=O) groups excluding carboxylic acids is 1. The number of methoxy groups -OCH3 is 1. The van der Waals surface area contributed by atoms with Gasteiger partial charge in [-0.25, -0.2) is 4.79 Å². The van der Waals surface area contributed by atoms with Crippen molar-refractivity contribution >= 4 is 28.6 Å². The fraction of sp³-hybridized carbons (Fsp3) is 0.667. The molecule has 0 N–H and O–H groups in total. The van der Waals surface area contributed by atoms with E-state index in [0.29, 0.717) is 3.58 Å². The molecule has 0 aromatic rings. The lowest BCUT2D eigenvalue weighted by atomic mass is 10.2. The summed E-state index contributed by atoms with van der Waals surface area (Å²) in [6, 6.07) is 0. The summed E-state index contributed by atoms with van der Waals surface area (Å²) in [6.45, 7) is 2.16. The summed E-state index contributed by atoms with van der Waals surface area (Å²) in [7, 11) is 1.40. The highest BCUT2D eigenvalue weighted by molar-refractivity contribution is 14.1. The maximum absolute atomic E-state index is 10.9. The van der Waals surface area contributed by atoms with Gasteiger partial charge in [-0.15, -0.1) is 0 Å². The number of ether oxygens (including phenoxy) is 1. The molecule has 0 bridgehead atoms. The topological polar surface area (TPSA) is 26.3 Å². The smallest absolute Gasteiger partial charge is 0.343 e. The Morgan fingerprint density at radius 2 is 2.17 bits per heavy atom. The quantitative estimate of drug-likeness (QED) is 0.335. The summed E-state index contributed by atoms with van der Waals surface area (Å²) in [5.74, 6) is -0.230. The third kappa shape index (κ3) is 5.57. The van der Waals surface area contributed by atoms with Gasteiger partial charge in [-0.1, -0.05) is 25.8 Å². The van der Waals surface area contributed by atoms with Crippen molar-refractivity contribution in [2.24, 2.45) is 0 Å². The van der Waals surface area contributed by atoms with E-state index in [1.807, 2.05) is 28.7 Å². The van der Waals surface area contributed by atoms with Crippen LogP contribution >= 0.6 is 22.6 Å². The van der Waals surface area contributed by atoms with Crippen LogP contribution in [-0.4, -0.2) is 13.1 Å². The zero-order valence-corrected chi connectivity index (χ0v) is 9.76. The molecule has 0 aliphatic heterocycles. The third-order valence-corrected chi connectivity index (χ3v) is 2.39. The van der Waals surface area contributed by atoms with Crippen LogP contribution in [0.15, 0.2) is 9.66 Å². The normalized spacial score (nSPS) is 11.4. The van der Waals surface area contributed by atoms with Crippen molar-refractivity contribution in [1.82, 2.24) is 0 Å². The van der Waals surface area contributed by atoms with E-state index < -0.39 is 0 Å². The Bertz CT molecular complexity index is 164. The average molecular weight is 282 g/mol. The summed E-state index contributed by atoms with van der Waals surface area (Å²) in [4.78, 5) is 10.9. The van der Waals surface area contributed by atoms with Gasteiger partial charge in [-0.05, 0) is 35.4 Å². The van der Waals surface area contributed by atoms with E-state index in [2.05, 4.69) is 11.7 Å². The molecule has 0 atom stereocenters. The first-order valence-electron chi connectivity index (χ1n) is 4.16. The molecule has 0 amide bonds. The fourth-order valence-electron chi connectivity index (χ4n) is 0.804. The standard InChI is InChI=1S/C9H15IO2/c1-3-4-5-6-7-8(10)9(11)12-2/h7H,3-6H2,1-2H3/b8-7+. The Morgan fingerprint density at radius 1 is 1.50 bits per heavy atom. The number of allylic oxidation sites excluding steroid dienone is 1. The summed E-state index contributed by atoms with van der Waals surface area (Å²) in [6.07, 6.45) is 6.49. The number of halogens is 1. The molecule has 0 fully saturated rings. The van der Waals surface area contributed by atoms with Crippen molar-refractivity contribution in [3.63, 3.8) is 0 Å². The maximum atomic E-state index is 10.9. The molecule has 0 saturated carbocycles. The minimum atomic E-state index is -0.230. The van der Waals surface area contributed by atoms with Gasteiger partial charge in [0.1, 0.15) is 0 Å². The molecule has 0 aliphatic rings. The Morgan fingerprint density at radius 3 is 2.67 bits per heavy atom. The highest BCUT2D eigenvalue weighted by atomic mass is 127. The number of esters is 1. The minimum Gasteiger partial charge on any atom is -0.465 e. The highest BCUT2D eigenvalue weighted by Gasteiger charge is 2.02. The summed E-state index contributed by atoms with van der Waals surface area (Å²) < 4.78 is 5.24. The molecule has 0 saturated heterocycles. The van der Waals surface area contributed by atoms with E-state index in [4.69, 9.17) is 0 Å². The highest BCUT2D eigenvalue weighted by Crippen LogP contribution is 2.11. The largest absolute Gasteiger partial charge is 0.465 e. The molecule has 0 rings (SSSR count). The lowest BCUT2D eigenvalue weighted by molar-refractivity contribution is -0.135. The van der Waals surface area contributed by atoms with E-state index in [-0.39, 0.29) is 5.97 Å². The number of unbranched alkanes of at least 4 members (excludes halogenated alkanes) is 3. The summed E-state index contributed by atoms with van der Waals surface area (Å²) in [5, 5.41) is 0. The van der Waals surface area contributed by atoms with Crippen LogP contribution in [0.25, 0.3) is 0 Å². The molecule has 0 unspecified atom stereocenters. The van der Waals surface area contributed by atoms with E-state index in [9.17, 15) is 4.79 Å². The Hall–Kier alpha value is -0.0600. The van der Waals surface area contributed by atoms with E-state index >= 15 is 0 Å². The molecular formula is C9H15IO2. The average Bonchev–Trinajstić information content (AvgIpc) is 2.10. The Kier molecular flexibility index (Phi) is 7.54. The number of carbonyl (C=O) groups is 1. The second-order valence-electron chi connectivity index (χ2n) is 2.54. The van der Waals surface area contributed by atoms with Gasteiger partial charge in [-0.3, -0.25) is 0 Å². The molecule has 12 heavy (non-hydrogen) atoms. The van der Waals surface area contributed by atoms with Gasteiger partial charge in [-0.2, -0.15) is 0 Å². The van der Waals surface area contributed by atoms with Crippen LogP contribution in [0.2, 0.25) is 0 Å². The molecule has 0 radical (unpaired) electrons. The van der Waals surface area contributed by atoms with Crippen molar-refractivity contribution in [2.45, 2.75) is 32.6 Å². The number of hydrogen-bond donors (Lipinski definition) is 0. The Labute approximate surface area is 87.5 Å². The maximum Gasteiger partial charge on any atom is 0.343 e. The number of rotatable bonds is 5. The zero-order chi connectivity index (χ0) is 9.40. The second-order valence-corrected chi connectivity index (χ2v) is 3.70. The second kappa shape index (κ2) is 7.58. The minimum absolute atomic E-state index is 0.230. The fourth-order valence-corrected chi connectivity index (χ4v) is 1.34. The van der Waals surface area contributed by atoms with Gasteiger partial charge in [0, 0.05) is 0 Å². The first-order chi connectivity index (χ1) is 5.72. The molecule has 0 heterocycles. The van der Waals surface area contributed by atoms with E-state index in [1.165, 1.54) is 20.0 Å².